The molecule has 1 aromatic carbocycles. The van der Waals surface area contributed by atoms with Crippen molar-refractivity contribution in [3.8, 4) is 0 Å². The Morgan fingerprint density at radius 2 is 1.92 bits per heavy atom. The molecular formula is C6H5Cl2NO3S. The number of rotatable bonds is 2. The quantitative estimate of drug-likeness (QED) is 0.781. The topological polar surface area (TPSA) is 66.4 Å². The SMILES string of the molecule is O=S(=O)(O)Nc1cccc(Cl)c1Cl. The van der Waals surface area contributed by atoms with E-state index in [1.54, 1.807) is 4.72 Å². The first-order valence-electron chi connectivity index (χ1n) is 3.09. The zero-order chi connectivity index (χ0) is 10.1. The van der Waals surface area contributed by atoms with Crippen LogP contribution in [0, 0.1) is 0 Å². The summed E-state index contributed by atoms with van der Waals surface area (Å²) < 4.78 is 31.1. The maximum absolute atomic E-state index is 10.4. The molecule has 0 saturated heterocycles. The summed E-state index contributed by atoms with van der Waals surface area (Å²) in [6, 6.07) is 4.38. The van der Waals surface area contributed by atoms with Gasteiger partial charge in [-0.3, -0.25) is 9.27 Å². The van der Waals surface area contributed by atoms with E-state index in [-0.39, 0.29) is 15.7 Å². The van der Waals surface area contributed by atoms with E-state index < -0.39 is 10.3 Å². The minimum atomic E-state index is -4.31. The van der Waals surface area contributed by atoms with E-state index in [0.717, 1.165) is 0 Å². The highest BCUT2D eigenvalue weighted by molar-refractivity contribution is 7.87. The van der Waals surface area contributed by atoms with Gasteiger partial charge in [-0.2, -0.15) is 8.42 Å². The lowest BCUT2D eigenvalue weighted by atomic mass is 10.3. The van der Waals surface area contributed by atoms with Crippen LogP contribution in [0.1, 0.15) is 0 Å². The molecule has 0 aliphatic carbocycles. The van der Waals surface area contributed by atoms with Crippen molar-refractivity contribution in [3.63, 3.8) is 0 Å². The van der Waals surface area contributed by atoms with Gasteiger partial charge in [-0.1, -0.05) is 29.3 Å². The van der Waals surface area contributed by atoms with Crippen molar-refractivity contribution in [2.24, 2.45) is 0 Å². The Kier molecular flexibility index (Phi) is 3.02. The molecule has 0 aliphatic heterocycles. The number of hydrogen-bond acceptors (Lipinski definition) is 2. The average molecular weight is 242 g/mol. The number of halogens is 2. The van der Waals surface area contributed by atoms with Gasteiger partial charge in [0.25, 0.3) is 0 Å². The molecule has 0 amide bonds. The van der Waals surface area contributed by atoms with Crippen molar-refractivity contribution in [1.29, 1.82) is 0 Å². The van der Waals surface area contributed by atoms with Crippen molar-refractivity contribution >= 4 is 39.2 Å². The Morgan fingerprint density at radius 1 is 1.31 bits per heavy atom. The smallest absolute Gasteiger partial charge is 0.269 e. The Bertz CT molecular complexity index is 418. The Hall–Kier alpha value is -0.490. The van der Waals surface area contributed by atoms with Crippen LogP contribution in [-0.2, 0) is 10.3 Å². The predicted molar refractivity (Wildman–Crippen MR) is 51.6 cm³/mol. The summed E-state index contributed by atoms with van der Waals surface area (Å²) in [4.78, 5) is 0. The second-order valence-corrected chi connectivity index (χ2v) is 4.12. The standard InChI is InChI=1S/C6H5Cl2NO3S/c7-4-2-1-3-5(6(4)8)9-13(10,11)12/h1-3,9H,(H,10,11,12). The molecule has 2 N–H and O–H groups in total. The van der Waals surface area contributed by atoms with E-state index in [1.807, 2.05) is 0 Å². The third kappa shape index (κ3) is 3.04. The third-order valence-corrected chi connectivity index (χ3v) is 2.49. The highest BCUT2D eigenvalue weighted by atomic mass is 35.5. The van der Waals surface area contributed by atoms with Gasteiger partial charge in [0, 0.05) is 0 Å². The van der Waals surface area contributed by atoms with Crippen molar-refractivity contribution in [3.05, 3.63) is 28.2 Å². The molecule has 72 valence electrons. The minimum Gasteiger partial charge on any atom is -0.269 e. The summed E-state index contributed by atoms with van der Waals surface area (Å²) in [6.07, 6.45) is 0. The second-order valence-electron chi connectivity index (χ2n) is 2.18. The average Bonchev–Trinajstić information content (AvgIpc) is 1.96. The van der Waals surface area contributed by atoms with Crippen LogP contribution >= 0.6 is 23.2 Å². The van der Waals surface area contributed by atoms with Crippen LogP contribution < -0.4 is 4.72 Å². The van der Waals surface area contributed by atoms with E-state index in [0.29, 0.717) is 0 Å². The highest BCUT2D eigenvalue weighted by Crippen LogP contribution is 2.29. The summed E-state index contributed by atoms with van der Waals surface area (Å²) in [5.74, 6) is 0. The predicted octanol–water partition coefficient (Wildman–Crippen LogP) is 2.21. The van der Waals surface area contributed by atoms with Gasteiger partial charge in [0.05, 0.1) is 15.7 Å². The fourth-order valence-corrected chi connectivity index (χ4v) is 1.57. The summed E-state index contributed by atoms with van der Waals surface area (Å²) in [5.41, 5.74) is 0.0386. The summed E-state index contributed by atoms with van der Waals surface area (Å²) in [6.45, 7) is 0. The zero-order valence-corrected chi connectivity index (χ0v) is 8.49. The normalized spacial score (nSPS) is 11.3. The molecule has 1 aromatic rings. The minimum absolute atomic E-state index is 0.0386. The Morgan fingerprint density at radius 3 is 2.46 bits per heavy atom. The van der Waals surface area contributed by atoms with Gasteiger partial charge >= 0.3 is 10.3 Å². The third-order valence-electron chi connectivity index (χ3n) is 1.19. The lowest BCUT2D eigenvalue weighted by Gasteiger charge is -2.05. The zero-order valence-electron chi connectivity index (χ0n) is 6.16. The van der Waals surface area contributed by atoms with Crippen molar-refractivity contribution in [2.75, 3.05) is 4.72 Å². The lowest BCUT2D eigenvalue weighted by Crippen LogP contribution is -2.10. The number of benzene rings is 1. The lowest BCUT2D eigenvalue weighted by molar-refractivity contribution is 0.490. The van der Waals surface area contributed by atoms with Crippen LogP contribution in [0.15, 0.2) is 18.2 Å². The van der Waals surface area contributed by atoms with E-state index in [1.165, 1.54) is 18.2 Å². The molecular weight excluding hydrogens is 237 g/mol. The molecule has 13 heavy (non-hydrogen) atoms. The number of nitrogens with one attached hydrogen (secondary N) is 1. The van der Waals surface area contributed by atoms with Crippen LogP contribution in [0.2, 0.25) is 10.0 Å². The molecule has 0 fully saturated rings. The van der Waals surface area contributed by atoms with Crippen molar-refractivity contribution < 1.29 is 13.0 Å². The molecule has 0 aromatic heterocycles. The molecule has 0 unspecified atom stereocenters. The second kappa shape index (κ2) is 3.71. The molecule has 0 aliphatic rings. The number of anilines is 1. The van der Waals surface area contributed by atoms with Crippen LogP contribution in [0.25, 0.3) is 0 Å². The summed E-state index contributed by atoms with van der Waals surface area (Å²) in [5, 5.41) is 0.247. The molecule has 1 rings (SSSR count). The summed E-state index contributed by atoms with van der Waals surface area (Å²) in [7, 11) is -4.31. The molecule has 0 radical (unpaired) electrons. The molecule has 0 spiro atoms. The maximum Gasteiger partial charge on any atom is 0.357 e. The Labute approximate surface area is 85.4 Å². The van der Waals surface area contributed by atoms with E-state index in [2.05, 4.69) is 0 Å². The molecule has 0 saturated carbocycles. The van der Waals surface area contributed by atoms with Gasteiger partial charge in [0.2, 0.25) is 0 Å². The van der Waals surface area contributed by atoms with Gasteiger partial charge in [0.15, 0.2) is 0 Å². The van der Waals surface area contributed by atoms with E-state index >= 15 is 0 Å². The van der Waals surface area contributed by atoms with Crippen molar-refractivity contribution in [2.45, 2.75) is 0 Å². The molecule has 7 heteroatoms. The molecule has 0 atom stereocenters. The van der Waals surface area contributed by atoms with E-state index in [9.17, 15) is 8.42 Å². The fraction of sp³-hybridized carbons (Fsp3) is 0. The first kappa shape index (κ1) is 10.6. The summed E-state index contributed by atoms with van der Waals surface area (Å²) >= 11 is 11.2. The van der Waals surface area contributed by atoms with Crippen molar-refractivity contribution in [1.82, 2.24) is 0 Å². The first-order chi connectivity index (χ1) is 5.90. The largest absolute Gasteiger partial charge is 0.357 e. The fourth-order valence-electron chi connectivity index (χ4n) is 0.722. The van der Waals surface area contributed by atoms with Crippen LogP contribution in [0.5, 0.6) is 0 Å². The first-order valence-corrected chi connectivity index (χ1v) is 5.29. The van der Waals surface area contributed by atoms with Crippen LogP contribution in [0.3, 0.4) is 0 Å². The van der Waals surface area contributed by atoms with E-state index in [4.69, 9.17) is 27.8 Å². The van der Waals surface area contributed by atoms with Gasteiger partial charge in [0.1, 0.15) is 0 Å². The molecule has 0 heterocycles. The van der Waals surface area contributed by atoms with Gasteiger partial charge in [-0.25, -0.2) is 0 Å². The Balaban J connectivity index is 3.10. The number of hydrogen-bond donors (Lipinski definition) is 2. The molecule has 0 bridgehead atoms. The van der Waals surface area contributed by atoms with Gasteiger partial charge in [-0.15, -0.1) is 0 Å². The maximum atomic E-state index is 10.4. The monoisotopic (exact) mass is 241 g/mol. The highest BCUT2D eigenvalue weighted by Gasteiger charge is 2.09. The van der Waals surface area contributed by atoms with Gasteiger partial charge in [-0.05, 0) is 12.1 Å². The molecule has 4 nitrogen and oxygen atoms in total. The van der Waals surface area contributed by atoms with Crippen LogP contribution in [0.4, 0.5) is 5.69 Å². The van der Waals surface area contributed by atoms with Crippen LogP contribution in [-0.4, -0.2) is 13.0 Å². The van der Waals surface area contributed by atoms with Gasteiger partial charge < -0.3 is 0 Å².